The molecule has 0 saturated heterocycles. The van der Waals surface area contributed by atoms with Gasteiger partial charge in [0.05, 0.1) is 0 Å². The summed E-state index contributed by atoms with van der Waals surface area (Å²) in [6, 6.07) is 25.4. The van der Waals surface area contributed by atoms with Gasteiger partial charge in [-0.05, 0) is 35.4 Å². The molecular weight excluding hydrogens is 372 g/mol. The van der Waals surface area contributed by atoms with Crippen LogP contribution in [0.15, 0.2) is 90.6 Å². The zero-order valence-corrected chi connectivity index (χ0v) is 15.8. The molecule has 3 aromatic rings. The Labute approximate surface area is 168 Å². The van der Waals surface area contributed by atoms with E-state index < -0.39 is 5.91 Å². The van der Waals surface area contributed by atoms with E-state index in [1.165, 1.54) is 0 Å². The minimum atomic E-state index is -0.395. The van der Waals surface area contributed by atoms with Crippen molar-refractivity contribution in [3.8, 4) is 0 Å². The normalized spacial score (nSPS) is 11.0. The van der Waals surface area contributed by atoms with Gasteiger partial charge in [-0.15, -0.1) is 0 Å². The van der Waals surface area contributed by atoms with Crippen LogP contribution in [0, 0.1) is 0 Å². The van der Waals surface area contributed by atoms with Crippen LogP contribution in [-0.4, -0.2) is 11.8 Å². The maximum atomic E-state index is 12.8. The van der Waals surface area contributed by atoms with Crippen LogP contribution in [0.25, 0.3) is 6.08 Å². The Balaban J connectivity index is 1.79. The Morgan fingerprint density at radius 1 is 0.821 bits per heavy atom. The first-order chi connectivity index (χ1) is 13.6. The second-order valence-electron chi connectivity index (χ2n) is 6.06. The quantitative estimate of drug-likeness (QED) is 0.612. The highest BCUT2D eigenvalue weighted by Gasteiger charge is 2.15. The van der Waals surface area contributed by atoms with E-state index in [0.29, 0.717) is 10.6 Å². The summed E-state index contributed by atoms with van der Waals surface area (Å²) in [5.41, 5.74) is 2.23. The molecule has 0 aromatic heterocycles. The van der Waals surface area contributed by atoms with E-state index >= 15 is 0 Å². The minimum Gasteiger partial charge on any atom is -0.347 e. The van der Waals surface area contributed by atoms with E-state index in [-0.39, 0.29) is 18.1 Å². The molecule has 0 radical (unpaired) electrons. The number of benzene rings is 3. The zero-order chi connectivity index (χ0) is 19.8. The lowest BCUT2D eigenvalue weighted by Gasteiger charge is -2.12. The Morgan fingerprint density at radius 3 is 2.11 bits per heavy atom. The molecule has 0 heterocycles. The van der Waals surface area contributed by atoms with Crippen LogP contribution < -0.4 is 10.6 Å². The largest absolute Gasteiger partial charge is 0.347 e. The van der Waals surface area contributed by atoms with Crippen molar-refractivity contribution in [3.63, 3.8) is 0 Å². The first kappa shape index (κ1) is 19.4. The minimum absolute atomic E-state index is 0.159. The Morgan fingerprint density at radius 2 is 1.43 bits per heavy atom. The number of rotatable bonds is 6. The molecule has 0 aliphatic carbocycles. The summed E-state index contributed by atoms with van der Waals surface area (Å²) in [6.07, 6.45) is 1.64. The number of hydrogen-bond acceptors (Lipinski definition) is 2. The topological polar surface area (TPSA) is 58.2 Å². The van der Waals surface area contributed by atoms with Crippen molar-refractivity contribution >= 4 is 29.5 Å². The number of carbonyl (C=O) groups is 2. The van der Waals surface area contributed by atoms with Gasteiger partial charge in [-0.2, -0.15) is 0 Å². The smallest absolute Gasteiger partial charge is 0.268 e. The molecule has 0 unspecified atom stereocenters. The Kier molecular flexibility index (Phi) is 6.60. The summed E-state index contributed by atoms with van der Waals surface area (Å²) >= 11 is 6.15. The van der Waals surface area contributed by atoms with Gasteiger partial charge in [-0.1, -0.05) is 78.3 Å². The SMILES string of the molecule is O=C(NCc1ccccc1Cl)C(=Cc1ccccc1)NC(=O)c1ccccc1. The van der Waals surface area contributed by atoms with Crippen LogP contribution in [-0.2, 0) is 11.3 Å². The molecule has 140 valence electrons. The Hall–Kier alpha value is -3.37. The van der Waals surface area contributed by atoms with E-state index in [0.717, 1.165) is 11.1 Å². The summed E-state index contributed by atoms with van der Waals surface area (Å²) < 4.78 is 0. The molecule has 28 heavy (non-hydrogen) atoms. The fourth-order valence-corrected chi connectivity index (χ4v) is 2.77. The fourth-order valence-electron chi connectivity index (χ4n) is 2.57. The lowest BCUT2D eigenvalue weighted by Crippen LogP contribution is -2.34. The highest BCUT2D eigenvalue weighted by Crippen LogP contribution is 2.14. The van der Waals surface area contributed by atoms with Crippen molar-refractivity contribution in [2.45, 2.75) is 6.54 Å². The van der Waals surface area contributed by atoms with Gasteiger partial charge in [-0.3, -0.25) is 9.59 Å². The summed E-state index contributed by atoms with van der Waals surface area (Å²) in [5, 5.41) is 6.09. The van der Waals surface area contributed by atoms with Gasteiger partial charge >= 0.3 is 0 Å². The van der Waals surface area contributed by atoms with Crippen LogP contribution in [0.1, 0.15) is 21.5 Å². The highest BCUT2D eigenvalue weighted by atomic mass is 35.5. The van der Waals surface area contributed by atoms with E-state index in [9.17, 15) is 9.59 Å². The molecule has 0 aliphatic rings. The van der Waals surface area contributed by atoms with E-state index in [2.05, 4.69) is 10.6 Å². The van der Waals surface area contributed by atoms with Gasteiger partial charge in [0.2, 0.25) is 0 Å². The molecule has 0 bridgehead atoms. The predicted octanol–water partition coefficient (Wildman–Crippen LogP) is 4.43. The van der Waals surface area contributed by atoms with Crippen molar-refractivity contribution in [3.05, 3.63) is 112 Å². The Bertz CT molecular complexity index is 986. The first-order valence-electron chi connectivity index (χ1n) is 8.78. The van der Waals surface area contributed by atoms with E-state index in [4.69, 9.17) is 11.6 Å². The first-order valence-corrected chi connectivity index (χ1v) is 9.16. The van der Waals surface area contributed by atoms with Crippen LogP contribution >= 0.6 is 11.6 Å². The van der Waals surface area contributed by atoms with Crippen molar-refractivity contribution in [1.82, 2.24) is 10.6 Å². The van der Waals surface area contributed by atoms with Crippen molar-refractivity contribution in [2.24, 2.45) is 0 Å². The molecule has 3 aromatic carbocycles. The maximum absolute atomic E-state index is 12.8. The molecule has 0 aliphatic heterocycles. The third-order valence-electron chi connectivity index (χ3n) is 4.04. The van der Waals surface area contributed by atoms with Gasteiger partial charge < -0.3 is 10.6 Å². The summed E-state index contributed by atoms with van der Waals surface area (Å²) in [6.45, 7) is 0.256. The van der Waals surface area contributed by atoms with Crippen LogP contribution in [0.3, 0.4) is 0 Å². The van der Waals surface area contributed by atoms with Crippen LogP contribution in [0.5, 0.6) is 0 Å². The lowest BCUT2D eigenvalue weighted by atomic mass is 10.1. The summed E-state index contributed by atoms with van der Waals surface area (Å²) in [5.74, 6) is -0.747. The van der Waals surface area contributed by atoms with Crippen LogP contribution in [0.2, 0.25) is 5.02 Å². The molecule has 2 N–H and O–H groups in total. The van der Waals surface area contributed by atoms with Gasteiger partial charge in [0.15, 0.2) is 0 Å². The average molecular weight is 391 g/mol. The second-order valence-corrected chi connectivity index (χ2v) is 6.47. The van der Waals surface area contributed by atoms with E-state index in [1.807, 2.05) is 54.6 Å². The summed E-state index contributed by atoms with van der Waals surface area (Å²) in [4.78, 5) is 25.3. The maximum Gasteiger partial charge on any atom is 0.268 e. The zero-order valence-electron chi connectivity index (χ0n) is 15.1. The molecule has 5 heteroatoms. The molecule has 3 rings (SSSR count). The third kappa shape index (κ3) is 5.32. The van der Waals surface area contributed by atoms with Gasteiger partial charge in [0.1, 0.15) is 5.70 Å². The summed E-state index contributed by atoms with van der Waals surface area (Å²) in [7, 11) is 0. The number of hydrogen-bond donors (Lipinski definition) is 2. The number of amides is 2. The predicted molar refractivity (Wildman–Crippen MR) is 112 cm³/mol. The monoisotopic (exact) mass is 390 g/mol. The molecule has 0 spiro atoms. The van der Waals surface area contributed by atoms with Crippen molar-refractivity contribution in [1.29, 1.82) is 0 Å². The number of carbonyl (C=O) groups excluding carboxylic acids is 2. The number of nitrogens with one attached hydrogen (secondary N) is 2. The van der Waals surface area contributed by atoms with Crippen molar-refractivity contribution < 1.29 is 9.59 Å². The lowest BCUT2D eigenvalue weighted by molar-refractivity contribution is -0.117. The number of halogens is 1. The van der Waals surface area contributed by atoms with Gasteiger partial charge in [0, 0.05) is 17.1 Å². The van der Waals surface area contributed by atoms with Crippen LogP contribution in [0.4, 0.5) is 0 Å². The third-order valence-corrected chi connectivity index (χ3v) is 4.41. The molecule has 0 fully saturated rings. The molecule has 0 saturated carbocycles. The molecule has 2 amide bonds. The molecule has 0 atom stereocenters. The fraction of sp³-hybridized carbons (Fsp3) is 0.0435. The average Bonchev–Trinajstić information content (AvgIpc) is 2.74. The standard InChI is InChI=1S/C23H19ClN2O2/c24-20-14-8-7-13-19(20)16-25-23(28)21(15-17-9-3-1-4-10-17)26-22(27)18-11-5-2-6-12-18/h1-15H,16H2,(H,25,28)(H,26,27). The van der Waals surface area contributed by atoms with E-state index in [1.54, 1.807) is 36.4 Å². The van der Waals surface area contributed by atoms with Gasteiger partial charge in [0.25, 0.3) is 11.8 Å². The van der Waals surface area contributed by atoms with Crippen molar-refractivity contribution in [2.75, 3.05) is 0 Å². The van der Waals surface area contributed by atoms with Gasteiger partial charge in [-0.25, -0.2) is 0 Å². The second kappa shape index (κ2) is 9.53. The molecule has 4 nitrogen and oxygen atoms in total. The highest BCUT2D eigenvalue weighted by molar-refractivity contribution is 6.31. The molecular formula is C23H19ClN2O2.